The molecule has 1 aromatic rings. The first-order valence-electron chi connectivity index (χ1n) is 4.25. The van der Waals surface area contributed by atoms with Gasteiger partial charge in [0.1, 0.15) is 5.75 Å². The molecular formula is C11H12BrNO. The number of ether oxygens (including phenoxy) is 1. The Balaban J connectivity index is 2.86. The van der Waals surface area contributed by atoms with Gasteiger partial charge in [-0.15, -0.1) is 0 Å². The Morgan fingerprint density at radius 2 is 2.29 bits per heavy atom. The van der Waals surface area contributed by atoms with Gasteiger partial charge in [-0.25, -0.2) is 0 Å². The van der Waals surface area contributed by atoms with E-state index < -0.39 is 0 Å². The van der Waals surface area contributed by atoms with E-state index in [0.29, 0.717) is 6.54 Å². The number of halogens is 1. The summed E-state index contributed by atoms with van der Waals surface area (Å²) in [5.41, 5.74) is 0.959. The first kappa shape index (κ1) is 11.1. The van der Waals surface area contributed by atoms with Crippen LogP contribution in [-0.4, -0.2) is 20.7 Å². The number of methoxy groups -OCH3 is 1. The van der Waals surface area contributed by atoms with Crippen molar-refractivity contribution in [2.75, 3.05) is 20.7 Å². The van der Waals surface area contributed by atoms with E-state index in [2.05, 4.69) is 33.1 Å². The smallest absolute Gasteiger partial charge is 0.134 e. The molecule has 0 amide bonds. The molecule has 0 saturated carbocycles. The Kier molecular flexibility index (Phi) is 4.51. The van der Waals surface area contributed by atoms with Crippen LogP contribution in [0.15, 0.2) is 22.7 Å². The third-order valence-electron chi connectivity index (χ3n) is 1.65. The second-order valence-electron chi connectivity index (χ2n) is 2.68. The van der Waals surface area contributed by atoms with Crippen LogP contribution in [0.5, 0.6) is 5.75 Å². The van der Waals surface area contributed by atoms with Crippen LogP contribution in [-0.2, 0) is 0 Å². The van der Waals surface area contributed by atoms with Gasteiger partial charge >= 0.3 is 0 Å². The van der Waals surface area contributed by atoms with Crippen molar-refractivity contribution in [2.45, 2.75) is 0 Å². The molecule has 1 rings (SSSR count). The number of rotatable bonds is 2. The zero-order valence-electron chi connectivity index (χ0n) is 8.23. The highest BCUT2D eigenvalue weighted by molar-refractivity contribution is 9.10. The molecule has 3 heteroatoms. The quantitative estimate of drug-likeness (QED) is 0.815. The van der Waals surface area contributed by atoms with Crippen molar-refractivity contribution in [3.05, 3.63) is 28.2 Å². The van der Waals surface area contributed by atoms with Crippen molar-refractivity contribution in [1.29, 1.82) is 0 Å². The molecule has 0 fully saturated rings. The predicted octanol–water partition coefficient (Wildman–Crippen LogP) is 2.03. The summed E-state index contributed by atoms with van der Waals surface area (Å²) in [6.45, 7) is 0.693. The van der Waals surface area contributed by atoms with E-state index in [1.165, 1.54) is 0 Å². The normalized spacial score (nSPS) is 9.07. The lowest BCUT2D eigenvalue weighted by molar-refractivity contribution is 0.412. The maximum Gasteiger partial charge on any atom is 0.134 e. The number of hydrogen-bond acceptors (Lipinski definition) is 2. The Labute approximate surface area is 92.8 Å². The van der Waals surface area contributed by atoms with E-state index in [1.54, 1.807) is 7.11 Å². The van der Waals surface area contributed by atoms with E-state index >= 15 is 0 Å². The Bertz CT molecular complexity index is 365. The van der Waals surface area contributed by atoms with Crippen LogP contribution in [0, 0.1) is 11.8 Å². The fourth-order valence-corrected chi connectivity index (χ4v) is 1.38. The first-order chi connectivity index (χ1) is 6.77. The van der Waals surface area contributed by atoms with Crippen LogP contribution >= 0.6 is 15.9 Å². The van der Waals surface area contributed by atoms with E-state index in [9.17, 15) is 0 Å². The van der Waals surface area contributed by atoms with Gasteiger partial charge in [0, 0.05) is 5.56 Å². The van der Waals surface area contributed by atoms with Crippen LogP contribution in [0.1, 0.15) is 5.56 Å². The van der Waals surface area contributed by atoms with Gasteiger partial charge < -0.3 is 10.1 Å². The summed E-state index contributed by atoms with van der Waals surface area (Å²) >= 11 is 3.39. The van der Waals surface area contributed by atoms with Gasteiger partial charge in [-0.3, -0.25) is 0 Å². The molecule has 0 aliphatic rings. The average molecular weight is 254 g/mol. The highest BCUT2D eigenvalue weighted by Gasteiger charge is 1.98. The lowest BCUT2D eigenvalue weighted by atomic mass is 10.2. The number of nitrogens with one attached hydrogen (secondary N) is 1. The molecule has 14 heavy (non-hydrogen) atoms. The molecule has 1 aromatic carbocycles. The molecular weight excluding hydrogens is 242 g/mol. The molecule has 0 aliphatic heterocycles. The Hall–Kier alpha value is -0.980. The summed E-state index contributed by atoms with van der Waals surface area (Å²) in [5.74, 6) is 6.83. The topological polar surface area (TPSA) is 21.3 Å². The van der Waals surface area contributed by atoms with Crippen LogP contribution in [0.3, 0.4) is 0 Å². The molecule has 0 bridgehead atoms. The minimum absolute atomic E-state index is 0.693. The highest BCUT2D eigenvalue weighted by Crippen LogP contribution is 2.24. The van der Waals surface area contributed by atoms with E-state index in [1.807, 2.05) is 25.2 Å². The zero-order valence-corrected chi connectivity index (χ0v) is 9.81. The minimum Gasteiger partial charge on any atom is -0.496 e. The van der Waals surface area contributed by atoms with Crippen molar-refractivity contribution >= 4 is 15.9 Å². The summed E-state index contributed by atoms with van der Waals surface area (Å²) in [4.78, 5) is 0. The van der Waals surface area contributed by atoms with Crippen molar-refractivity contribution in [3.8, 4) is 17.6 Å². The average Bonchev–Trinajstić information content (AvgIpc) is 2.21. The van der Waals surface area contributed by atoms with Crippen LogP contribution in [0.2, 0.25) is 0 Å². The van der Waals surface area contributed by atoms with Gasteiger partial charge in [-0.1, -0.05) is 11.8 Å². The SMILES string of the molecule is CNCC#Cc1ccc(Br)c(OC)c1. The molecule has 1 N–H and O–H groups in total. The third-order valence-corrected chi connectivity index (χ3v) is 2.30. The molecule has 74 valence electrons. The van der Waals surface area contributed by atoms with Crippen LogP contribution in [0.4, 0.5) is 0 Å². The Morgan fingerprint density at radius 3 is 2.93 bits per heavy atom. The van der Waals surface area contributed by atoms with Crippen LogP contribution in [0.25, 0.3) is 0 Å². The van der Waals surface area contributed by atoms with E-state index in [0.717, 1.165) is 15.8 Å². The fourth-order valence-electron chi connectivity index (χ4n) is 0.972. The molecule has 2 nitrogen and oxygen atoms in total. The minimum atomic E-state index is 0.693. The summed E-state index contributed by atoms with van der Waals surface area (Å²) in [7, 11) is 3.52. The maximum absolute atomic E-state index is 5.16. The predicted molar refractivity (Wildman–Crippen MR) is 61.5 cm³/mol. The van der Waals surface area contributed by atoms with Gasteiger partial charge in [-0.05, 0) is 41.2 Å². The summed E-state index contributed by atoms with van der Waals surface area (Å²) in [5, 5.41) is 2.96. The van der Waals surface area contributed by atoms with Crippen LogP contribution < -0.4 is 10.1 Å². The van der Waals surface area contributed by atoms with Gasteiger partial charge in [0.25, 0.3) is 0 Å². The molecule has 0 unspecified atom stereocenters. The van der Waals surface area contributed by atoms with Crippen molar-refractivity contribution in [3.63, 3.8) is 0 Å². The van der Waals surface area contributed by atoms with E-state index in [4.69, 9.17) is 4.74 Å². The standard InChI is InChI=1S/C11H12BrNO/c1-13-7-3-4-9-5-6-10(12)11(8-9)14-2/h5-6,8,13H,7H2,1-2H3. The molecule has 0 spiro atoms. The lowest BCUT2D eigenvalue weighted by Crippen LogP contribution is -2.04. The molecule has 0 saturated heterocycles. The molecule has 0 aromatic heterocycles. The van der Waals surface area contributed by atoms with Crippen molar-refractivity contribution in [2.24, 2.45) is 0 Å². The fraction of sp³-hybridized carbons (Fsp3) is 0.273. The van der Waals surface area contributed by atoms with Gasteiger partial charge in [0.2, 0.25) is 0 Å². The Morgan fingerprint density at radius 1 is 1.50 bits per heavy atom. The second-order valence-corrected chi connectivity index (χ2v) is 3.54. The second kappa shape index (κ2) is 5.69. The lowest BCUT2D eigenvalue weighted by Gasteiger charge is -2.02. The largest absolute Gasteiger partial charge is 0.496 e. The van der Waals surface area contributed by atoms with Gasteiger partial charge in [0.15, 0.2) is 0 Å². The van der Waals surface area contributed by atoms with Gasteiger partial charge in [-0.2, -0.15) is 0 Å². The first-order valence-corrected chi connectivity index (χ1v) is 5.04. The third kappa shape index (κ3) is 3.06. The van der Waals surface area contributed by atoms with Crippen molar-refractivity contribution < 1.29 is 4.74 Å². The maximum atomic E-state index is 5.16. The zero-order chi connectivity index (χ0) is 10.4. The molecule has 0 heterocycles. The number of hydrogen-bond donors (Lipinski definition) is 1. The summed E-state index contributed by atoms with van der Waals surface area (Å²) in [6, 6.07) is 5.80. The molecule has 0 radical (unpaired) electrons. The van der Waals surface area contributed by atoms with Crippen molar-refractivity contribution in [1.82, 2.24) is 5.32 Å². The number of benzene rings is 1. The monoisotopic (exact) mass is 253 g/mol. The molecule has 0 atom stereocenters. The van der Waals surface area contributed by atoms with E-state index in [-0.39, 0.29) is 0 Å². The highest BCUT2D eigenvalue weighted by atomic mass is 79.9. The molecule has 0 aliphatic carbocycles. The summed E-state index contributed by atoms with van der Waals surface area (Å²) in [6.07, 6.45) is 0. The summed E-state index contributed by atoms with van der Waals surface area (Å²) < 4.78 is 6.11. The van der Waals surface area contributed by atoms with Gasteiger partial charge in [0.05, 0.1) is 18.1 Å².